The first-order chi connectivity index (χ1) is 33.8. The fraction of sp³-hybridized carbons (Fsp3) is 0.157. The molecule has 0 saturated carbocycles. The molecule has 0 saturated heterocycles. The lowest BCUT2D eigenvalue weighted by atomic mass is 10.1. The van der Waals surface area contributed by atoms with Crippen molar-refractivity contribution in [1.82, 2.24) is 5.32 Å². The quantitative estimate of drug-likeness (QED) is 0.0188. The SMILES string of the molecule is CCOC(=O)CNC(=O)c1ccc(COc2cccc(O)c2/C=N/OC)cc1.CO/N=C/c1c(O)cccc1OCc1ccc(C(=O)O)cc1.O=Cc1c(O)cccc1OCc1ccc(C(=O)O)cc1. The van der Waals surface area contributed by atoms with Gasteiger partial charge in [0.1, 0.15) is 75.1 Å². The highest BCUT2D eigenvalue weighted by atomic mass is 16.6. The smallest absolute Gasteiger partial charge is 0.335 e. The molecule has 0 heterocycles. The average molecular weight is 960 g/mol. The van der Waals surface area contributed by atoms with Gasteiger partial charge < -0.3 is 59.5 Å². The van der Waals surface area contributed by atoms with Gasteiger partial charge in [-0.25, -0.2) is 9.59 Å². The molecule has 19 heteroatoms. The Hall–Kier alpha value is -9.39. The average Bonchev–Trinajstić information content (AvgIpc) is 3.36. The molecular formula is C51H49N3O16. The number of phenols is 3. The first kappa shape index (κ1) is 53.2. The molecule has 6 aromatic rings. The molecule has 0 atom stereocenters. The summed E-state index contributed by atoms with van der Waals surface area (Å²) < 4.78 is 21.6. The zero-order chi connectivity index (χ0) is 50.8. The maximum atomic E-state index is 12.0. The second kappa shape index (κ2) is 27.9. The van der Waals surface area contributed by atoms with Crippen molar-refractivity contribution in [3.63, 3.8) is 0 Å². The highest BCUT2D eigenvalue weighted by molar-refractivity contribution is 5.96. The summed E-state index contributed by atoms with van der Waals surface area (Å²) in [6, 6.07) is 33.6. The Labute approximate surface area is 401 Å². The Bertz CT molecular complexity index is 2740. The second-order valence-electron chi connectivity index (χ2n) is 14.1. The van der Waals surface area contributed by atoms with E-state index >= 15 is 0 Å². The van der Waals surface area contributed by atoms with Crippen molar-refractivity contribution >= 4 is 42.5 Å². The van der Waals surface area contributed by atoms with E-state index in [1.165, 1.54) is 69.1 Å². The van der Waals surface area contributed by atoms with Gasteiger partial charge in [0.05, 0.1) is 46.9 Å². The number of nitrogens with zero attached hydrogens (tertiary/aromatic N) is 2. The van der Waals surface area contributed by atoms with E-state index in [2.05, 4.69) is 25.3 Å². The standard InChI is InChI=1S/C20H22N2O6.C16H15NO5.C15H12O5/c1-3-27-19(24)12-21-20(25)15-9-7-14(8-10-15)13-28-18-6-4-5-17(23)16(18)11-22-26-2;1-21-17-9-13-14(18)3-2-4-15(13)22-10-11-5-7-12(8-6-11)16(19)20;16-8-12-13(17)2-1-3-14(12)20-9-10-4-6-11(7-5-10)15(18)19/h4-11,23H,3,12-13H2,1-2H3,(H,21,25);2-9,18H,10H2,1H3,(H,19,20);1-8,17H,9H2,(H,18,19)/b22-11+;17-9+;. The van der Waals surface area contributed by atoms with Crippen LogP contribution in [0, 0.1) is 0 Å². The maximum absolute atomic E-state index is 12.0. The lowest BCUT2D eigenvalue weighted by Crippen LogP contribution is -2.30. The minimum Gasteiger partial charge on any atom is -0.507 e. The Morgan fingerprint density at radius 1 is 0.529 bits per heavy atom. The summed E-state index contributed by atoms with van der Waals surface area (Å²) in [5.41, 5.74) is 4.12. The molecule has 0 aliphatic rings. The number of carbonyl (C=O) groups is 5. The number of hydrogen-bond donors (Lipinski definition) is 6. The first-order valence-corrected chi connectivity index (χ1v) is 20.9. The third-order valence-electron chi connectivity index (χ3n) is 9.32. The number of carboxylic acids is 2. The molecule has 19 nitrogen and oxygen atoms in total. The van der Waals surface area contributed by atoms with Gasteiger partial charge >= 0.3 is 17.9 Å². The van der Waals surface area contributed by atoms with Gasteiger partial charge in [0.25, 0.3) is 5.91 Å². The molecular weight excluding hydrogens is 911 g/mol. The molecule has 364 valence electrons. The summed E-state index contributed by atoms with van der Waals surface area (Å²) in [4.78, 5) is 64.9. The molecule has 70 heavy (non-hydrogen) atoms. The number of phenolic OH excluding ortho intramolecular Hbond substituents is 3. The molecule has 6 N–H and O–H groups in total. The molecule has 6 aromatic carbocycles. The number of aromatic carboxylic acids is 2. The molecule has 0 spiro atoms. The van der Waals surface area contributed by atoms with E-state index in [-0.39, 0.29) is 78.6 Å². The molecule has 0 bridgehead atoms. The van der Waals surface area contributed by atoms with Crippen LogP contribution in [0.1, 0.15) is 76.2 Å². The summed E-state index contributed by atoms with van der Waals surface area (Å²) in [5.74, 6) is -1.74. The number of esters is 1. The summed E-state index contributed by atoms with van der Waals surface area (Å²) in [7, 11) is 2.81. The van der Waals surface area contributed by atoms with Crippen molar-refractivity contribution in [3.8, 4) is 34.5 Å². The molecule has 0 fully saturated rings. The van der Waals surface area contributed by atoms with E-state index in [0.717, 1.165) is 16.7 Å². The van der Waals surface area contributed by atoms with Crippen LogP contribution in [0.2, 0.25) is 0 Å². The minimum atomic E-state index is -0.992. The van der Waals surface area contributed by atoms with Gasteiger partial charge in [-0.3, -0.25) is 14.4 Å². The van der Waals surface area contributed by atoms with E-state index in [0.29, 0.717) is 34.5 Å². The van der Waals surface area contributed by atoms with Gasteiger partial charge in [-0.2, -0.15) is 0 Å². The number of nitrogens with one attached hydrogen (secondary N) is 1. The third kappa shape index (κ3) is 16.8. The monoisotopic (exact) mass is 959 g/mol. The number of oxime groups is 2. The number of benzene rings is 6. The van der Waals surface area contributed by atoms with E-state index in [1.807, 2.05) is 0 Å². The van der Waals surface area contributed by atoms with Crippen LogP contribution in [-0.2, 0) is 39.0 Å². The molecule has 0 aromatic heterocycles. The number of carboxylic acid groups (broad SMARTS) is 2. The van der Waals surface area contributed by atoms with Gasteiger partial charge in [0.15, 0.2) is 6.29 Å². The van der Waals surface area contributed by atoms with E-state index in [9.17, 15) is 39.3 Å². The number of amides is 1. The van der Waals surface area contributed by atoms with Crippen LogP contribution in [0.5, 0.6) is 34.5 Å². The Kier molecular flexibility index (Phi) is 21.2. The zero-order valence-corrected chi connectivity index (χ0v) is 38.0. The van der Waals surface area contributed by atoms with Crippen molar-refractivity contribution in [2.45, 2.75) is 26.7 Å². The number of aromatic hydroxyl groups is 3. The number of carbonyl (C=O) groups excluding carboxylic acids is 3. The highest BCUT2D eigenvalue weighted by Crippen LogP contribution is 2.29. The Balaban J connectivity index is 0.000000232. The van der Waals surface area contributed by atoms with Gasteiger partial charge in [-0.05, 0) is 96.4 Å². The topological polar surface area (TPSA) is 279 Å². The van der Waals surface area contributed by atoms with Crippen LogP contribution in [0.4, 0.5) is 0 Å². The minimum absolute atomic E-state index is 0.0203. The van der Waals surface area contributed by atoms with Gasteiger partial charge in [0.2, 0.25) is 0 Å². The normalized spacial score (nSPS) is 10.4. The molecule has 0 unspecified atom stereocenters. The molecule has 0 aliphatic heterocycles. The number of hydrogen-bond acceptors (Lipinski definition) is 16. The van der Waals surface area contributed by atoms with Crippen LogP contribution in [-0.4, -0.2) is 95.4 Å². The summed E-state index contributed by atoms with van der Waals surface area (Å²) in [6.45, 7) is 2.41. The van der Waals surface area contributed by atoms with E-state index < -0.39 is 17.9 Å². The molecule has 6 rings (SSSR count). The third-order valence-corrected chi connectivity index (χ3v) is 9.32. The summed E-state index contributed by atoms with van der Waals surface area (Å²) >= 11 is 0. The Morgan fingerprint density at radius 2 is 0.886 bits per heavy atom. The predicted molar refractivity (Wildman–Crippen MR) is 254 cm³/mol. The van der Waals surface area contributed by atoms with Crippen molar-refractivity contribution in [1.29, 1.82) is 0 Å². The summed E-state index contributed by atoms with van der Waals surface area (Å²) in [6.07, 6.45) is 3.25. The highest BCUT2D eigenvalue weighted by Gasteiger charge is 2.13. The van der Waals surface area contributed by atoms with Crippen LogP contribution in [0.3, 0.4) is 0 Å². The zero-order valence-electron chi connectivity index (χ0n) is 38.0. The lowest BCUT2D eigenvalue weighted by Gasteiger charge is -2.11. The van der Waals surface area contributed by atoms with Crippen LogP contribution < -0.4 is 19.5 Å². The summed E-state index contributed by atoms with van der Waals surface area (Å²) in [5, 5.41) is 56.7. The predicted octanol–water partition coefficient (Wildman–Crippen LogP) is 7.38. The second-order valence-corrected chi connectivity index (χ2v) is 14.1. The van der Waals surface area contributed by atoms with Gasteiger partial charge in [0, 0.05) is 5.56 Å². The number of ether oxygens (including phenoxy) is 4. The fourth-order valence-corrected chi connectivity index (χ4v) is 5.75. The first-order valence-electron chi connectivity index (χ1n) is 20.9. The maximum Gasteiger partial charge on any atom is 0.335 e. The lowest BCUT2D eigenvalue weighted by molar-refractivity contribution is -0.141. The van der Waals surface area contributed by atoms with Crippen LogP contribution in [0.25, 0.3) is 0 Å². The fourth-order valence-electron chi connectivity index (χ4n) is 5.75. The van der Waals surface area contributed by atoms with E-state index in [1.54, 1.807) is 91.9 Å². The van der Waals surface area contributed by atoms with Crippen molar-refractivity contribution in [2.24, 2.45) is 10.3 Å². The van der Waals surface area contributed by atoms with Crippen molar-refractivity contribution < 1.29 is 78.1 Å². The largest absolute Gasteiger partial charge is 0.507 e. The van der Waals surface area contributed by atoms with Gasteiger partial charge in [-0.1, -0.05) is 64.9 Å². The molecule has 1 amide bonds. The van der Waals surface area contributed by atoms with Crippen LogP contribution >= 0.6 is 0 Å². The van der Waals surface area contributed by atoms with Crippen molar-refractivity contribution in [3.05, 3.63) is 177 Å². The van der Waals surface area contributed by atoms with Crippen LogP contribution in [0.15, 0.2) is 138 Å². The molecule has 0 aliphatic carbocycles. The molecule has 0 radical (unpaired) electrons. The van der Waals surface area contributed by atoms with E-state index in [4.69, 9.17) is 29.2 Å². The Morgan fingerprint density at radius 3 is 1.23 bits per heavy atom. The van der Waals surface area contributed by atoms with Crippen molar-refractivity contribution in [2.75, 3.05) is 27.4 Å². The number of rotatable bonds is 20. The number of aldehydes is 1. The van der Waals surface area contributed by atoms with Gasteiger partial charge in [-0.15, -0.1) is 0 Å².